The summed E-state index contributed by atoms with van der Waals surface area (Å²) in [5, 5.41) is 21.6. The highest BCUT2D eigenvalue weighted by molar-refractivity contribution is 6.09. The second kappa shape index (κ2) is 8.42. The van der Waals surface area contributed by atoms with Gasteiger partial charge in [0.25, 0.3) is 0 Å². The number of nitrogens with zero attached hydrogens (tertiary/aromatic N) is 2. The normalized spacial score (nSPS) is 14.2. The van der Waals surface area contributed by atoms with Crippen molar-refractivity contribution < 1.29 is 9.90 Å². The molecule has 0 saturated carbocycles. The van der Waals surface area contributed by atoms with Gasteiger partial charge in [-0.15, -0.1) is 0 Å². The third-order valence-corrected chi connectivity index (χ3v) is 5.04. The van der Waals surface area contributed by atoms with Crippen LogP contribution in [0.15, 0.2) is 30.3 Å². The van der Waals surface area contributed by atoms with Crippen LogP contribution in [0.2, 0.25) is 0 Å². The van der Waals surface area contributed by atoms with Crippen molar-refractivity contribution in [3.8, 4) is 0 Å². The number of aromatic nitrogens is 1. The molecule has 0 spiro atoms. The fourth-order valence-corrected chi connectivity index (χ4v) is 3.53. The highest BCUT2D eigenvalue weighted by atomic mass is 16.4. The summed E-state index contributed by atoms with van der Waals surface area (Å²) in [4.78, 5) is 18.3. The molecule has 1 fully saturated rings. The largest absolute Gasteiger partial charge is 0.477 e. The summed E-state index contributed by atoms with van der Waals surface area (Å²) in [5.41, 5.74) is 3.87. The number of hydrogen-bond donors (Lipinski definition) is 3. The van der Waals surface area contributed by atoms with Crippen LogP contribution in [0.4, 0.5) is 17.2 Å². The molecule has 0 amide bonds. The number of carbonyl (C=O) groups is 1. The molecule has 1 saturated heterocycles. The number of aryl methyl sites for hydroxylation is 1. The number of piperidine rings is 1. The Morgan fingerprint density at radius 2 is 1.93 bits per heavy atom. The maximum atomic E-state index is 11.7. The van der Waals surface area contributed by atoms with Gasteiger partial charge >= 0.3 is 5.97 Å². The number of benzene rings is 1. The molecule has 3 N–H and O–H groups in total. The molecule has 1 aromatic heterocycles. The van der Waals surface area contributed by atoms with E-state index in [0.29, 0.717) is 17.1 Å². The standard InChI is InChI=1S/C22H28N4O2/c1-14(2)20(23)19-18(26-10-5-4-6-11-26)13-17(22(27)28)25-21(19)24-16-9-7-8-15(3)12-16/h7-9,12-14,23H,4-6,10-11H2,1-3H3,(H,24,25)(H,27,28). The summed E-state index contributed by atoms with van der Waals surface area (Å²) in [7, 11) is 0. The van der Waals surface area contributed by atoms with Crippen molar-refractivity contribution in [3.63, 3.8) is 0 Å². The molecule has 0 atom stereocenters. The molecular weight excluding hydrogens is 352 g/mol. The van der Waals surface area contributed by atoms with E-state index in [9.17, 15) is 9.90 Å². The van der Waals surface area contributed by atoms with Gasteiger partial charge in [0.1, 0.15) is 5.82 Å². The van der Waals surface area contributed by atoms with E-state index < -0.39 is 5.97 Å². The van der Waals surface area contributed by atoms with Gasteiger partial charge in [-0.1, -0.05) is 26.0 Å². The molecule has 6 heteroatoms. The van der Waals surface area contributed by atoms with E-state index >= 15 is 0 Å². The van der Waals surface area contributed by atoms with E-state index in [-0.39, 0.29) is 11.6 Å². The number of carboxylic acids is 1. The predicted molar refractivity (Wildman–Crippen MR) is 113 cm³/mol. The average Bonchev–Trinajstić information content (AvgIpc) is 2.67. The molecule has 3 rings (SSSR count). The first-order valence-electron chi connectivity index (χ1n) is 9.82. The van der Waals surface area contributed by atoms with Gasteiger partial charge in [0, 0.05) is 24.5 Å². The third-order valence-electron chi connectivity index (χ3n) is 5.04. The Bertz CT molecular complexity index is 886. The number of nitrogens with one attached hydrogen (secondary N) is 2. The van der Waals surface area contributed by atoms with Crippen LogP contribution in [0, 0.1) is 18.3 Å². The third kappa shape index (κ3) is 4.32. The first-order valence-corrected chi connectivity index (χ1v) is 9.82. The van der Waals surface area contributed by atoms with Crippen LogP contribution >= 0.6 is 0 Å². The zero-order chi connectivity index (χ0) is 20.3. The van der Waals surface area contributed by atoms with Crippen LogP contribution < -0.4 is 10.2 Å². The molecule has 1 aliphatic heterocycles. The smallest absolute Gasteiger partial charge is 0.354 e. The van der Waals surface area contributed by atoms with Gasteiger partial charge in [0.2, 0.25) is 0 Å². The Balaban J connectivity index is 2.17. The lowest BCUT2D eigenvalue weighted by Crippen LogP contribution is -2.32. The van der Waals surface area contributed by atoms with Crippen molar-refractivity contribution in [2.45, 2.75) is 40.0 Å². The zero-order valence-corrected chi connectivity index (χ0v) is 16.7. The Hall–Kier alpha value is -2.89. The lowest BCUT2D eigenvalue weighted by Gasteiger charge is -2.32. The minimum atomic E-state index is -1.06. The van der Waals surface area contributed by atoms with Crippen molar-refractivity contribution in [2.75, 3.05) is 23.3 Å². The van der Waals surface area contributed by atoms with Crippen LogP contribution in [0.25, 0.3) is 0 Å². The van der Waals surface area contributed by atoms with E-state index in [4.69, 9.17) is 5.41 Å². The number of carboxylic acid groups (broad SMARTS) is 1. The van der Waals surface area contributed by atoms with Crippen LogP contribution in [0.1, 0.15) is 54.7 Å². The van der Waals surface area contributed by atoms with Crippen molar-refractivity contribution >= 4 is 28.9 Å². The molecule has 1 aliphatic rings. The summed E-state index contributed by atoms with van der Waals surface area (Å²) in [6, 6.07) is 9.48. The number of pyridine rings is 1. The Labute approximate surface area is 166 Å². The monoisotopic (exact) mass is 380 g/mol. The SMILES string of the molecule is Cc1cccc(Nc2nc(C(=O)O)cc(N3CCCCC3)c2C(=N)C(C)C)c1. The Kier molecular flexibility index (Phi) is 5.97. The van der Waals surface area contributed by atoms with Crippen LogP contribution in [-0.4, -0.2) is 34.9 Å². The van der Waals surface area contributed by atoms with Crippen LogP contribution in [0.5, 0.6) is 0 Å². The van der Waals surface area contributed by atoms with Crippen LogP contribution in [-0.2, 0) is 0 Å². The topological polar surface area (TPSA) is 89.3 Å². The maximum absolute atomic E-state index is 11.7. The molecular formula is C22H28N4O2. The van der Waals surface area contributed by atoms with Crippen molar-refractivity contribution in [2.24, 2.45) is 5.92 Å². The quantitative estimate of drug-likeness (QED) is 0.624. The highest BCUT2D eigenvalue weighted by Crippen LogP contribution is 2.33. The van der Waals surface area contributed by atoms with Gasteiger partial charge in [0.05, 0.1) is 11.3 Å². The minimum Gasteiger partial charge on any atom is -0.477 e. The lowest BCUT2D eigenvalue weighted by molar-refractivity contribution is 0.0690. The van der Waals surface area contributed by atoms with E-state index in [0.717, 1.165) is 42.9 Å². The second-order valence-corrected chi connectivity index (χ2v) is 7.67. The fraction of sp³-hybridized carbons (Fsp3) is 0.409. The maximum Gasteiger partial charge on any atom is 0.354 e. The van der Waals surface area contributed by atoms with E-state index in [2.05, 4.69) is 15.2 Å². The molecule has 0 bridgehead atoms. The molecule has 0 unspecified atom stereocenters. The van der Waals surface area contributed by atoms with Crippen molar-refractivity contribution in [1.82, 2.24) is 4.98 Å². The van der Waals surface area contributed by atoms with Crippen molar-refractivity contribution in [1.29, 1.82) is 5.41 Å². The summed E-state index contributed by atoms with van der Waals surface area (Å²) < 4.78 is 0. The molecule has 1 aromatic carbocycles. The van der Waals surface area contributed by atoms with E-state index in [1.54, 1.807) is 6.07 Å². The average molecular weight is 380 g/mol. The van der Waals surface area contributed by atoms with E-state index in [1.807, 2.05) is 45.0 Å². The first-order chi connectivity index (χ1) is 13.4. The number of aromatic carboxylic acids is 1. The summed E-state index contributed by atoms with van der Waals surface area (Å²) in [6.07, 6.45) is 3.32. The van der Waals surface area contributed by atoms with Gasteiger partial charge in [0.15, 0.2) is 5.69 Å². The Morgan fingerprint density at radius 3 is 2.54 bits per heavy atom. The summed E-state index contributed by atoms with van der Waals surface area (Å²) in [5.74, 6) is -0.628. The molecule has 2 heterocycles. The highest BCUT2D eigenvalue weighted by Gasteiger charge is 2.25. The number of anilines is 3. The van der Waals surface area contributed by atoms with Gasteiger partial charge in [-0.25, -0.2) is 9.78 Å². The molecule has 28 heavy (non-hydrogen) atoms. The zero-order valence-electron chi connectivity index (χ0n) is 16.7. The van der Waals surface area contributed by atoms with Crippen molar-refractivity contribution in [3.05, 3.63) is 47.2 Å². The second-order valence-electron chi connectivity index (χ2n) is 7.67. The Morgan fingerprint density at radius 1 is 1.21 bits per heavy atom. The first kappa shape index (κ1) is 19.9. The molecule has 0 radical (unpaired) electrons. The fourth-order valence-electron chi connectivity index (χ4n) is 3.53. The predicted octanol–water partition coefficient (Wildman–Crippen LogP) is 4.85. The van der Waals surface area contributed by atoms with Gasteiger partial charge < -0.3 is 20.7 Å². The molecule has 2 aromatic rings. The van der Waals surface area contributed by atoms with E-state index in [1.165, 1.54) is 6.42 Å². The summed E-state index contributed by atoms with van der Waals surface area (Å²) in [6.45, 7) is 7.69. The number of hydrogen-bond acceptors (Lipinski definition) is 5. The summed E-state index contributed by atoms with van der Waals surface area (Å²) >= 11 is 0. The minimum absolute atomic E-state index is 0.000854. The molecule has 0 aliphatic carbocycles. The lowest BCUT2D eigenvalue weighted by atomic mass is 9.96. The van der Waals surface area contributed by atoms with Crippen LogP contribution in [0.3, 0.4) is 0 Å². The number of rotatable bonds is 6. The van der Waals surface area contributed by atoms with Gasteiger partial charge in [-0.05, 0) is 55.9 Å². The van der Waals surface area contributed by atoms with Gasteiger partial charge in [-0.3, -0.25) is 0 Å². The molecule has 148 valence electrons. The molecule has 6 nitrogen and oxygen atoms in total. The van der Waals surface area contributed by atoms with Gasteiger partial charge in [-0.2, -0.15) is 0 Å².